The number of rotatable bonds is 6. The van der Waals surface area contributed by atoms with Gasteiger partial charge in [0.25, 0.3) is 0 Å². The average molecular weight is 267 g/mol. The summed E-state index contributed by atoms with van der Waals surface area (Å²) in [6.07, 6.45) is 2.59. The number of hydrogen-bond acceptors (Lipinski definition) is 2. The Kier molecular flexibility index (Phi) is 4.03. The molecule has 20 heavy (non-hydrogen) atoms. The van der Waals surface area contributed by atoms with E-state index in [-0.39, 0.29) is 0 Å². The van der Waals surface area contributed by atoms with E-state index in [1.807, 2.05) is 13.1 Å². The van der Waals surface area contributed by atoms with Crippen LogP contribution in [0.2, 0.25) is 0 Å². The van der Waals surface area contributed by atoms with Crippen molar-refractivity contribution in [2.45, 2.75) is 31.9 Å². The summed E-state index contributed by atoms with van der Waals surface area (Å²) < 4.78 is 6.04. The second-order valence-corrected chi connectivity index (χ2v) is 5.45. The Morgan fingerprint density at radius 1 is 1.05 bits per heavy atom. The van der Waals surface area contributed by atoms with Crippen molar-refractivity contribution in [3.63, 3.8) is 0 Å². The summed E-state index contributed by atoms with van der Waals surface area (Å²) in [5.41, 5.74) is 3.93. The van der Waals surface area contributed by atoms with Gasteiger partial charge in [0.15, 0.2) is 0 Å². The van der Waals surface area contributed by atoms with Crippen molar-refractivity contribution in [3.8, 4) is 5.75 Å². The minimum Gasteiger partial charge on any atom is -0.489 e. The van der Waals surface area contributed by atoms with Crippen LogP contribution in [-0.4, -0.2) is 7.05 Å². The van der Waals surface area contributed by atoms with Crippen molar-refractivity contribution >= 4 is 0 Å². The third-order valence-electron chi connectivity index (χ3n) is 3.71. The number of benzene rings is 2. The van der Waals surface area contributed by atoms with Crippen LogP contribution in [0.4, 0.5) is 0 Å². The first-order chi connectivity index (χ1) is 9.86. The highest BCUT2D eigenvalue weighted by Gasteiger charge is 2.27. The second kappa shape index (κ2) is 6.10. The quantitative estimate of drug-likeness (QED) is 0.858. The molecule has 3 rings (SSSR count). The summed E-state index contributed by atoms with van der Waals surface area (Å²) >= 11 is 0. The highest BCUT2D eigenvalue weighted by atomic mass is 16.5. The maximum atomic E-state index is 6.04. The van der Waals surface area contributed by atoms with Crippen molar-refractivity contribution in [2.24, 2.45) is 0 Å². The van der Waals surface area contributed by atoms with Gasteiger partial charge < -0.3 is 10.1 Å². The Morgan fingerprint density at radius 3 is 2.55 bits per heavy atom. The van der Waals surface area contributed by atoms with Crippen LogP contribution in [0, 0.1) is 0 Å². The molecule has 0 bridgehead atoms. The van der Waals surface area contributed by atoms with E-state index in [0.29, 0.717) is 12.5 Å². The molecule has 104 valence electrons. The predicted molar refractivity (Wildman–Crippen MR) is 82.0 cm³/mol. The third kappa shape index (κ3) is 3.20. The van der Waals surface area contributed by atoms with Crippen molar-refractivity contribution in [1.82, 2.24) is 5.32 Å². The molecule has 2 aromatic carbocycles. The molecule has 2 aromatic rings. The van der Waals surface area contributed by atoms with Crippen LogP contribution in [-0.2, 0) is 13.2 Å². The molecular weight excluding hydrogens is 246 g/mol. The molecule has 1 N–H and O–H groups in total. The maximum Gasteiger partial charge on any atom is 0.123 e. The zero-order valence-corrected chi connectivity index (χ0v) is 11.9. The van der Waals surface area contributed by atoms with Crippen LogP contribution in [0.3, 0.4) is 0 Å². The fourth-order valence-electron chi connectivity index (χ4n) is 2.49. The lowest BCUT2D eigenvalue weighted by molar-refractivity contribution is 0.303. The Hall–Kier alpha value is -1.80. The summed E-state index contributed by atoms with van der Waals surface area (Å²) in [7, 11) is 1.98. The normalized spacial score (nSPS) is 14.2. The molecule has 0 atom stereocenters. The van der Waals surface area contributed by atoms with Gasteiger partial charge >= 0.3 is 0 Å². The lowest BCUT2D eigenvalue weighted by Gasteiger charge is -2.13. The summed E-state index contributed by atoms with van der Waals surface area (Å²) in [4.78, 5) is 0. The molecule has 1 saturated carbocycles. The van der Waals surface area contributed by atoms with Gasteiger partial charge in [-0.25, -0.2) is 0 Å². The van der Waals surface area contributed by atoms with E-state index >= 15 is 0 Å². The molecule has 2 nitrogen and oxygen atoms in total. The molecule has 1 fully saturated rings. The van der Waals surface area contributed by atoms with Crippen LogP contribution in [0.5, 0.6) is 5.75 Å². The third-order valence-corrected chi connectivity index (χ3v) is 3.71. The van der Waals surface area contributed by atoms with Crippen molar-refractivity contribution in [1.29, 1.82) is 0 Å². The first kappa shape index (κ1) is 13.2. The van der Waals surface area contributed by atoms with E-state index in [2.05, 4.69) is 47.8 Å². The summed E-state index contributed by atoms with van der Waals surface area (Å²) in [6.45, 7) is 1.56. The standard InChI is InChI=1S/C18H21NO/c1-19-12-15-7-10-18(17(11-15)16-8-9-16)20-13-14-5-3-2-4-6-14/h2-7,10-11,16,19H,8-9,12-13H2,1H3. The monoisotopic (exact) mass is 267 g/mol. The molecule has 0 unspecified atom stereocenters. The van der Waals surface area contributed by atoms with E-state index in [9.17, 15) is 0 Å². The molecule has 0 amide bonds. The molecule has 0 spiro atoms. The molecular formula is C18H21NO. The fraction of sp³-hybridized carbons (Fsp3) is 0.333. The van der Waals surface area contributed by atoms with Gasteiger partial charge in [-0.15, -0.1) is 0 Å². The van der Waals surface area contributed by atoms with Crippen molar-refractivity contribution in [2.75, 3.05) is 7.05 Å². The van der Waals surface area contributed by atoms with Crippen molar-refractivity contribution < 1.29 is 4.74 Å². The van der Waals surface area contributed by atoms with Crippen LogP contribution in [0.1, 0.15) is 35.4 Å². The second-order valence-electron chi connectivity index (χ2n) is 5.45. The predicted octanol–water partition coefficient (Wildman–Crippen LogP) is 3.86. The molecule has 0 saturated heterocycles. The van der Waals surface area contributed by atoms with Gasteiger partial charge in [-0.05, 0) is 48.6 Å². The SMILES string of the molecule is CNCc1ccc(OCc2ccccc2)c(C2CC2)c1. The van der Waals surface area contributed by atoms with Gasteiger partial charge in [-0.1, -0.05) is 42.5 Å². The molecule has 0 heterocycles. The van der Waals surface area contributed by atoms with E-state index in [4.69, 9.17) is 4.74 Å². The summed E-state index contributed by atoms with van der Waals surface area (Å²) in [5.74, 6) is 1.76. The van der Waals surface area contributed by atoms with E-state index in [1.54, 1.807) is 0 Å². The van der Waals surface area contributed by atoms with E-state index in [0.717, 1.165) is 12.3 Å². The lowest BCUT2D eigenvalue weighted by atomic mass is 10.1. The van der Waals surface area contributed by atoms with Crippen LogP contribution in [0.15, 0.2) is 48.5 Å². The van der Waals surface area contributed by atoms with Gasteiger partial charge in [0.05, 0.1) is 0 Å². The van der Waals surface area contributed by atoms with Gasteiger partial charge in [0.2, 0.25) is 0 Å². The van der Waals surface area contributed by atoms with E-state index in [1.165, 1.54) is 29.5 Å². The molecule has 0 radical (unpaired) electrons. The van der Waals surface area contributed by atoms with Gasteiger partial charge in [-0.3, -0.25) is 0 Å². The molecule has 2 heteroatoms. The average Bonchev–Trinajstić information content (AvgIpc) is 3.32. The molecule has 1 aliphatic carbocycles. The van der Waals surface area contributed by atoms with Crippen molar-refractivity contribution in [3.05, 3.63) is 65.2 Å². The largest absolute Gasteiger partial charge is 0.489 e. The number of nitrogens with one attached hydrogen (secondary N) is 1. The number of hydrogen-bond donors (Lipinski definition) is 1. The Morgan fingerprint density at radius 2 is 1.85 bits per heavy atom. The van der Waals surface area contributed by atoms with Gasteiger partial charge in [0, 0.05) is 6.54 Å². The Bertz CT molecular complexity index is 561. The Balaban J connectivity index is 1.75. The minimum atomic E-state index is 0.645. The zero-order valence-electron chi connectivity index (χ0n) is 11.9. The van der Waals surface area contributed by atoms with E-state index < -0.39 is 0 Å². The van der Waals surface area contributed by atoms with Crippen LogP contribution < -0.4 is 10.1 Å². The smallest absolute Gasteiger partial charge is 0.123 e. The Labute approximate surface area is 120 Å². The number of ether oxygens (including phenoxy) is 1. The zero-order chi connectivity index (χ0) is 13.8. The first-order valence-corrected chi connectivity index (χ1v) is 7.31. The van der Waals surface area contributed by atoms with Crippen LogP contribution >= 0.6 is 0 Å². The molecule has 0 aromatic heterocycles. The summed E-state index contributed by atoms with van der Waals surface area (Å²) in [5, 5.41) is 3.21. The molecule has 1 aliphatic rings. The summed E-state index contributed by atoms with van der Waals surface area (Å²) in [6, 6.07) is 16.9. The minimum absolute atomic E-state index is 0.645. The lowest BCUT2D eigenvalue weighted by Crippen LogP contribution is -2.06. The first-order valence-electron chi connectivity index (χ1n) is 7.31. The molecule has 0 aliphatic heterocycles. The van der Waals surface area contributed by atoms with Gasteiger partial charge in [0.1, 0.15) is 12.4 Å². The highest BCUT2D eigenvalue weighted by molar-refractivity contribution is 5.42. The fourth-order valence-corrected chi connectivity index (χ4v) is 2.49. The highest BCUT2D eigenvalue weighted by Crippen LogP contribution is 2.44. The van der Waals surface area contributed by atoms with Crippen LogP contribution in [0.25, 0.3) is 0 Å². The topological polar surface area (TPSA) is 21.3 Å². The maximum absolute atomic E-state index is 6.04. The van der Waals surface area contributed by atoms with Gasteiger partial charge in [-0.2, -0.15) is 0 Å².